The molecule has 0 aliphatic rings. The molecule has 6 heteroatoms. The molecule has 0 unspecified atom stereocenters. The lowest BCUT2D eigenvalue weighted by molar-refractivity contribution is 0.0953. The van der Waals surface area contributed by atoms with E-state index in [1.54, 1.807) is 19.9 Å². The zero-order valence-corrected chi connectivity index (χ0v) is 13.8. The van der Waals surface area contributed by atoms with Crippen molar-refractivity contribution in [3.8, 4) is 5.75 Å². The molecule has 0 aliphatic heterocycles. The lowest BCUT2D eigenvalue weighted by atomic mass is 10.2. The zero-order valence-electron chi connectivity index (χ0n) is 13.8. The third-order valence-corrected chi connectivity index (χ3v) is 3.59. The molecule has 0 fully saturated rings. The smallest absolute Gasteiger partial charge is 0.274 e. The number of furan rings is 2. The molecule has 0 atom stereocenters. The molecule has 24 heavy (non-hydrogen) atoms. The summed E-state index contributed by atoms with van der Waals surface area (Å²) in [6, 6.07) is 9.17. The third kappa shape index (κ3) is 3.03. The number of para-hydroxylation sites is 1. The van der Waals surface area contributed by atoms with Crippen molar-refractivity contribution in [1.29, 1.82) is 0 Å². The summed E-state index contributed by atoms with van der Waals surface area (Å²) in [5.41, 5.74) is 4.19. The lowest BCUT2D eigenvalue weighted by Gasteiger charge is -2.02. The number of hydrazone groups is 1. The van der Waals surface area contributed by atoms with Gasteiger partial charge in [-0.15, -0.1) is 0 Å². The Morgan fingerprint density at radius 3 is 2.88 bits per heavy atom. The maximum atomic E-state index is 12.0. The van der Waals surface area contributed by atoms with E-state index in [1.165, 1.54) is 6.26 Å². The van der Waals surface area contributed by atoms with E-state index >= 15 is 0 Å². The van der Waals surface area contributed by atoms with Gasteiger partial charge in [-0.3, -0.25) is 4.79 Å². The van der Waals surface area contributed by atoms with E-state index in [2.05, 4.69) is 10.5 Å². The molecule has 0 radical (unpaired) electrons. The van der Waals surface area contributed by atoms with Crippen LogP contribution < -0.4 is 10.2 Å². The first-order chi connectivity index (χ1) is 11.6. The molecule has 1 aromatic carbocycles. The fourth-order valence-corrected chi connectivity index (χ4v) is 2.35. The molecule has 2 heterocycles. The first-order valence-corrected chi connectivity index (χ1v) is 7.64. The fraction of sp³-hybridized carbons (Fsp3) is 0.222. The van der Waals surface area contributed by atoms with Crippen LogP contribution in [0.5, 0.6) is 5.75 Å². The van der Waals surface area contributed by atoms with Gasteiger partial charge in [0.2, 0.25) is 0 Å². The van der Waals surface area contributed by atoms with Crippen molar-refractivity contribution in [2.75, 3.05) is 6.61 Å². The van der Waals surface area contributed by atoms with Crippen LogP contribution in [0, 0.1) is 6.92 Å². The summed E-state index contributed by atoms with van der Waals surface area (Å²) in [6.07, 6.45) is 1.47. The van der Waals surface area contributed by atoms with E-state index in [0.717, 1.165) is 5.39 Å². The van der Waals surface area contributed by atoms with Gasteiger partial charge in [-0.25, -0.2) is 5.43 Å². The standard InChI is InChI=1S/C18H18N2O4/c1-4-22-15-7-5-6-13-10-16(24-17(13)15)11(2)19-20-18(21)14-8-9-23-12(14)3/h5-10H,4H2,1-3H3,(H,20,21). The number of amides is 1. The van der Waals surface area contributed by atoms with Gasteiger partial charge in [0, 0.05) is 5.39 Å². The SMILES string of the molecule is CCOc1cccc2cc(C(C)=NNC(=O)c3ccoc3C)oc12. The summed E-state index contributed by atoms with van der Waals surface area (Å²) in [6.45, 7) is 5.96. The van der Waals surface area contributed by atoms with Crippen LogP contribution >= 0.6 is 0 Å². The summed E-state index contributed by atoms with van der Waals surface area (Å²) in [5, 5.41) is 5.02. The number of nitrogens with one attached hydrogen (secondary N) is 1. The first-order valence-electron chi connectivity index (χ1n) is 7.64. The van der Waals surface area contributed by atoms with Crippen LogP contribution in [0.2, 0.25) is 0 Å². The molecule has 1 N–H and O–H groups in total. The van der Waals surface area contributed by atoms with E-state index in [-0.39, 0.29) is 5.91 Å². The van der Waals surface area contributed by atoms with Gasteiger partial charge in [0.1, 0.15) is 11.5 Å². The largest absolute Gasteiger partial charge is 0.490 e. The molecule has 0 saturated carbocycles. The number of ether oxygens (including phenoxy) is 1. The van der Waals surface area contributed by atoms with Crippen LogP contribution in [-0.4, -0.2) is 18.2 Å². The van der Waals surface area contributed by atoms with E-state index < -0.39 is 0 Å². The molecular formula is C18H18N2O4. The number of rotatable bonds is 5. The number of aryl methyl sites for hydroxylation is 1. The summed E-state index contributed by atoms with van der Waals surface area (Å²) >= 11 is 0. The summed E-state index contributed by atoms with van der Waals surface area (Å²) in [5.74, 6) is 1.48. The molecule has 0 bridgehead atoms. The van der Waals surface area contributed by atoms with Crippen molar-refractivity contribution >= 4 is 22.6 Å². The normalized spacial score (nSPS) is 11.7. The van der Waals surface area contributed by atoms with Crippen molar-refractivity contribution in [3.63, 3.8) is 0 Å². The van der Waals surface area contributed by atoms with Gasteiger partial charge in [0.25, 0.3) is 5.91 Å². The fourth-order valence-electron chi connectivity index (χ4n) is 2.35. The van der Waals surface area contributed by atoms with Crippen molar-refractivity contribution < 1.29 is 18.4 Å². The van der Waals surface area contributed by atoms with Gasteiger partial charge < -0.3 is 13.6 Å². The van der Waals surface area contributed by atoms with Crippen LogP contribution in [0.4, 0.5) is 0 Å². The minimum absolute atomic E-state index is 0.327. The monoisotopic (exact) mass is 326 g/mol. The predicted octanol–water partition coefficient (Wildman–Crippen LogP) is 3.89. The van der Waals surface area contributed by atoms with Gasteiger partial charge in [-0.2, -0.15) is 5.10 Å². The Labute approximate surface area is 139 Å². The Morgan fingerprint density at radius 2 is 2.17 bits per heavy atom. The molecule has 0 aliphatic carbocycles. The van der Waals surface area contributed by atoms with Gasteiger partial charge >= 0.3 is 0 Å². The molecule has 1 amide bonds. The number of carbonyl (C=O) groups excluding carboxylic acids is 1. The Hall–Kier alpha value is -3.02. The summed E-state index contributed by atoms with van der Waals surface area (Å²) in [7, 11) is 0. The lowest BCUT2D eigenvalue weighted by Crippen LogP contribution is -2.19. The van der Waals surface area contributed by atoms with Crippen molar-refractivity contribution in [2.45, 2.75) is 20.8 Å². The second-order valence-corrected chi connectivity index (χ2v) is 5.25. The molecule has 0 spiro atoms. The maximum Gasteiger partial charge on any atom is 0.274 e. The topological polar surface area (TPSA) is 77.0 Å². The third-order valence-electron chi connectivity index (χ3n) is 3.59. The van der Waals surface area contributed by atoms with Gasteiger partial charge in [-0.05, 0) is 39.0 Å². The highest BCUT2D eigenvalue weighted by Gasteiger charge is 2.13. The Morgan fingerprint density at radius 1 is 1.33 bits per heavy atom. The molecule has 0 saturated heterocycles. The highest BCUT2D eigenvalue weighted by atomic mass is 16.5. The summed E-state index contributed by atoms with van der Waals surface area (Å²) < 4.78 is 16.5. The van der Waals surface area contributed by atoms with Crippen molar-refractivity contribution in [1.82, 2.24) is 5.43 Å². The van der Waals surface area contributed by atoms with Crippen LogP contribution in [0.25, 0.3) is 11.0 Å². The van der Waals surface area contributed by atoms with Crippen LogP contribution in [-0.2, 0) is 0 Å². The Balaban J connectivity index is 1.83. The predicted molar refractivity (Wildman–Crippen MR) is 90.5 cm³/mol. The number of nitrogens with zero attached hydrogens (tertiary/aromatic N) is 1. The minimum atomic E-state index is -0.327. The van der Waals surface area contributed by atoms with Crippen LogP contribution in [0.1, 0.15) is 35.7 Å². The first kappa shape index (κ1) is 15.9. The second kappa shape index (κ2) is 6.62. The quantitative estimate of drug-likeness (QED) is 0.570. The van der Waals surface area contributed by atoms with Gasteiger partial charge in [-0.1, -0.05) is 12.1 Å². The second-order valence-electron chi connectivity index (χ2n) is 5.25. The Kier molecular flexibility index (Phi) is 4.37. The van der Waals surface area contributed by atoms with E-state index in [0.29, 0.717) is 40.7 Å². The molecule has 124 valence electrons. The van der Waals surface area contributed by atoms with Crippen molar-refractivity contribution in [3.05, 3.63) is 53.7 Å². The number of benzene rings is 1. The van der Waals surface area contributed by atoms with Gasteiger partial charge in [0.15, 0.2) is 17.1 Å². The highest BCUT2D eigenvalue weighted by molar-refractivity contribution is 6.02. The number of fused-ring (bicyclic) bond motifs is 1. The number of carbonyl (C=O) groups is 1. The minimum Gasteiger partial charge on any atom is -0.490 e. The molecule has 2 aromatic heterocycles. The van der Waals surface area contributed by atoms with E-state index in [9.17, 15) is 4.79 Å². The van der Waals surface area contributed by atoms with Crippen LogP contribution in [0.15, 0.2) is 50.5 Å². The highest BCUT2D eigenvalue weighted by Crippen LogP contribution is 2.29. The molecule has 3 aromatic rings. The molecule has 3 rings (SSSR count). The molecular weight excluding hydrogens is 308 g/mol. The zero-order chi connectivity index (χ0) is 17.1. The molecule has 6 nitrogen and oxygen atoms in total. The van der Waals surface area contributed by atoms with E-state index in [4.69, 9.17) is 13.6 Å². The Bertz CT molecular complexity index is 905. The van der Waals surface area contributed by atoms with Crippen LogP contribution in [0.3, 0.4) is 0 Å². The maximum absolute atomic E-state index is 12.0. The average molecular weight is 326 g/mol. The number of hydrogen-bond acceptors (Lipinski definition) is 5. The number of hydrogen-bond donors (Lipinski definition) is 1. The van der Waals surface area contributed by atoms with E-state index in [1.807, 2.05) is 31.2 Å². The average Bonchev–Trinajstić information content (AvgIpc) is 3.19. The van der Waals surface area contributed by atoms with Gasteiger partial charge in [0.05, 0.1) is 18.4 Å². The van der Waals surface area contributed by atoms with Crippen molar-refractivity contribution in [2.24, 2.45) is 5.10 Å². The summed E-state index contributed by atoms with van der Waals surface area (Å²) in [4.78, 5) is 12.0.